The van der Waals surface area contributed by atoms with Gasteiger partial charge in [0.25, 0.3) is 0 Å². The second-order valence-electron chi connectivity index (χ2n) is 4.29. The highest BCUT2D eigenvalue weighted by molar-refractivity contribution is 5.94. The molecule has 0 saturated carbocycles. The molecule has 0 aliphatic heterocycles. The van der Waals surface area contributed by atoms with Crippen LogP contribution < -0.4 is 5.73 Å². The summed E-state index contributed by atoms with van der Waals surface area (Å²) in [5.74, 6) is -0.0356. The Morgan fingerprint density at radius 2 is 2.00 bits per heavy atom. The normalized spacial score (nSPS) is 12.1. The molecule has 2 rings (SSSR count). The number of benzene rings is 1. The minimum absolute atomic E-state index is 0.0128. The first-order chi connectivity index (χ1) is 9.18. The monoisotopic (exact) mass is 255 g/mol. The zero-order chi connectivity index (χ0) is 13.7. The van der Waals surface area contributed by atoms with Crippen LogP contribution in [0.15, 0.2) is 48.7 Å². The number of rotatable bonds is 5. The lowest BCUT2D eigenvalue weighted by Gasteiger charge is -2.14. The lowest BCUT2D eigenvalue weighted by Crippen LogP contribution is -2.16. The van der Waals surface area contributed by atoms with Crippen LogP contribution >= 0.6 is 0 Å². The van der Waals surface area contributed by atoms with Crippen LogP contribution in [0.3, 0.4) is 0 Å². The molecule has 3 N–H and O–H groups in total. The van der Waals surface area contributed by atoms with Gasteiger partial charge in [0.2, 0.25) is 0 Å². The van der Waals surface area contributed by atoms with Crippen molar-refractivity contribution in [1.82, 2.24) is 4.98 Å². The van der Waals surface area contributed by atoms with Crippen molar-refractivity contribution in [2.24, 2.45) is 5.73 Å². The number of nitrogens with zero attached hydrogens (tertiary/aromatic N) is 1. The smallest absolute Gasteiger partial charge is 0.142 e. The summed E-state index contributed by atoms with van der Waals surface area (Å²) in [5, 5.41) is 7.49. The summed E-state index contributed by atoms with van der Waals surface area (Å²) in [6.07, 6.45) is 1.61. The molecule has 1 aromatic carbocycles. The van der Waals surface area contributed by atoms with Gasteiger partial charge >= 0.3 is 0 Å². The Balaban J connectivity index is 2.05. The minimum Gasteiger partial charge on any atom is -0.382 e. The maximum Gasteiger partial charge on any atom is 0.142 e. The lowest BCUT2D eigenvalue weighted by atomic mass is 10.1. The molecule has 4 nitrogen and oxygen atoms in total. The van der Waals surface area contributed by atoms with E-state index < -0.39 is 0 Å². The Morgan fingerprint density at radius 1 is 1.26 bits per heavy atom. The average Bonchev–Trinajstić information content (AvgIpc) is 2.46. The minimum atomic E-state index is -0.0356. The summed E-state index contributed by atoms with van der Waals surface area (Å²) in [4.78, 5) is 4.10. The summed E-state index contributed by atoms with van der Waals surface area (Å²) in [5.41, 5.74) is 7.94. The Hall–Kier alpha value is -2.20. The van der Waals surface area contributed by atoms with E-state index in [1.54, 1.807) is 6.20 Å². The highest BCUT2D eigenvalue weighted by Gasteiger charge is 2.09. The Labute approximate surface area is 112 Å². The molecule has 1 atom stereocenters. The highest BCUT2D eigenvalue weighted by Crippen LogP contribution is 2.18. The Morgan fingerprint density at radius 3 is 2.68 bits per heavy atom. The zero-order valence-corrected chi connectivity index (χ0v) is 10.8. The molecule has 98 valence electrons. The van der Waals surface area contributed by atoms with Gasteiger partial charge in [-0.15, -0.1) is 0 Å². The second kappa shape index (κ2) is 6.11. The van der Waals surface area contributed by atoms with Crippen LogP contribution in [0.4, 0.5) is 0 Å². The number of nitrogens with two attached hydrogens (primary N) is 1. The van der Waals surface area contributed by atoms with Gasteiger partial charge in [-0.1, -0.05) is 36.4 Å². The van der Waals surface area contributed by atoms with Crippen molar-refractivity contribution in [2.45, 2.75) is 19.6 Å². The molecule has 0 radical (unpaired) electrons. The third kappa shape index (κ3) is 3.39. The van der Waals surface area contributed by atoms with Crippen molar-refractivity contribution in [1.29, 1.82) is 5.41 Å². The molecule has 0 amide bonds. The number of nitrogen functional groups attached to an aromatic ring is 1. The predicted octanol–water partition coefficient (Wildman–Crippen LogP) is 2.64. The fourth-order valence-corrected chi connectivity index (χ4v) is 1.83. The first kappa shape index (κ1) is 13.2. The molecule has 4 heteroatoms. The van der Waals surface area contributed by atoms with E-state index in [0.717, 1.165) is 11.1 Å². The largest absolute Gasteiger partial charge is 0.382 e. The van der Waals surface area contributed by atoms with Gasteiger partial charge < -0.3 is 10.5 Å². The van der Waals surface area contributed by atoms with E-state index in [4.69, 9.17) is 15.9 Å². The van der Waals surface area contributed by atoms with Gasteiger partial charge in [0, 0.05) is 11.8 Å². The summed E-state index contributed by atoms with van der Waals surface area (Å²) >= 11 is 0. The van der Waals surface area contributed by atoms with Gasteiger partial charge in [0.15, 0.2) is 0 Å². The molecule has 0 spiro atoms. The van der Waals surface area contributed by atoms with E-state index in [2.05, 4.69) is 4.98 Å². The molecule has 1 unspecified atom stereocenters. The Kier molecular flexibility index (Phi) is 4.26. The van der Waals surface area contributed by atoms with E-state index in [1.165, 1.54) is 0 Å². The first-order valence-electron chi connectivity index (χ1n) is 6.13. The van der Waals surface area contributed by atoms with Gasteiger partial charge in [0.05, 0.1) is 12.7 Å². The third-order valence-electron chi connectivity index (χ3n) is 2.90. The highest BCUT2D eigenvalue weighted by atomic mass is 16.5. The summed E-state index contributed by atoms with van der Waals surface area (Å²) < 4.78 is 5.81. The number of hydrogen-bond donors (Lipinski definition) is 2. The van der Waals surface area contributed by atoms with Crippen molar-refractivity contribution in [3.8, 4) is 0 Å². The Bertz CT molecular complexity index is 554. The third-order valence-corrected chi connectivity index (χ3v) is 2.90. The molecular formula is C15H17N3O. The molecular weight excluding hydrogens is 238 g/mol. The van der Waals surface area contributed by atoms with Gasteiger partial charge in [-0.3, -0.25) is 10.4 Å². The molecule has 0 fully saturated rings. The van der Waals surface area contributed by atoms with Gasteiger partial charge in [-0.25, -0.2) is 0 Å². The fourth-order valence-electron chi connectivity index (χ4n) is 1.83. The van der Waals surface area contributed by atoms with Crippen LogP contribution in [-0.2, 0) is 11.3 Å². The molecule has 0 saturated heterocycles. The SMILES string of the molecule is CC(OCc1cccnc1C(=N)N)c1ccccc1. The molecule has 19 heavy (non-hydrogen) atoms. The van der Waals surface area contributed by atoms with Crippen molar-refractivity contribution in [3.63, 3.8) is 0 Å². The van der Waals surface area contributed by atoms with Crippen molar-refractivity contribution >= 4 is 5.84 Å². The number of hydrogen-bond acceptors (Lipinski definition) is 3. The average molecular weight is 255 g/mol. The molecule has 0 bridgehead atoms. The van der Waals surface area contributed by atoms with Crippen molar-refractivity contribution in [3.05, 3.63) is 65.5 Å². The number of pyridine rings is 1. The summed E-state index contributed by atoms with van der Waals surface area (Å²) in [7, 11) is 0. The summed E-state index contributed by atoms with van der Waals surface area (Å²) in [6.45, 7) is 2.39. The number of ether oxygens (including phenoxy) is 1. The van der Waals surface area contributed by atoms with Crippen LogP contribution in [0.25, 0.3) is 0 Å². The van der Waals surface area contributed by atoms with E-state index in [9.17, 15) is 0 Å². The number of amidine groups is 1. The molecule has 0 aliphatic rings. The molecule has 0 aliphatic carbocycles. The van der Waals surface area contributed by atoms with E-state index in [1.807, 2.05) is 49.4 Å². The van der Waals surface area contributed by atoms with Gasteiger partial charge in [-0.05, 0) is 18.6 Å². The predicted molar refractivity (Wildman–Crippen MR) is 74.9 cm³/mol. The van der Waals surface area contributed by atoms with E-state index >= 15 is 0 Å². The van der Waals surface area contributed by atoms with Crippen LogP contribution in [-0.4, -0.2) is 10.8 Å². The number of aromatic nitrogens is 1. The van der Waals surface area contributed by atoms with E-state index in [0.29, 0.717) is 12.3 Å². The number of nitrogens with one attached hydrogen (secondary N) is 1. The summed E-state index contributed by atoms with van der Waals surface area (Å²) in [6, 6.07) is 13.7. The molecule has 2 aromatic rings. The second-order valence-corrected chi connectivity index (χ2v) is 4.29. The topological polar surface area (TPSA) is 72.0 Å². The van der Waals surface area contributed by atoms with Gasteiger partial charge in [0.1, 0.15) is 11.5 Å². The van der Waals surface area contributed by atoms with Crippen LogP contribution in [0, 0.1) is 5.41 Å². The maximum absolute atomic E-state index is 7.49. The molecule has 1 heterocycles. The fraction of sp³-hybridized carbons (Fsp3) is 0.200. The van der Waals surface area contributed by atoms with Crippen LogP contribution in [0.1, 0.15) is 29.8 Å². The van der Waals surface area contributed by atoms with Gasteiger partial charge in [-0.2, -0.15) is 0 Å². The van der Waals surface area contributed by atoms with E-state index in [-0.39, 0.29) is 11.9 Å². The maximum atomic E-state index is 7.49. The quantitative estimate of drug-likeness (QED) is 0.637. The van der Waals surface area contributed by atoms with Crippen LogP contribution in [0.5, 0.6) is 0 Å². The van der Waals surface area contributed by atoms with Crippen LogP contribution in [0.2, 0.25) is 0 Å². The first-order valence-corrected chi connectivity index (χ1v) is 6.13. The lowest BCUT2D eigenvalue weighted by molar-refractivity contribution is 0.0523. The molecule has 1 aromatic heterocycles. The zero-order valence-electron chi connectivity index (χ0n) is 10.8. The standard InChI is InChI=1S/C15H17N3O/c1-11(12-6-3-2-4-7-12)19-10-13-8-5-9-18-14(13)15(16)17/h2-9,11H,10H2,1H3,(H3,16,17). The van der Waals surface area contributed by atoms with Crippen molar-refractivity contribution in [2.75, 3.05) is 0 Å². The van der Waals surface area contributed by atoms with Crippen molar-refractivity contribution < 1.29 is 4.74 Å².